The molecule has 0 aliphatic carbocycles. The Bertz CT molecular complexity index is 630. The van der Waals surface area contributed by atoms with Gasteiger partial charge in [0.05, 0.1) is 12.2 Å². The number of aromatic nitrogens is 3. The maximum atomic E-state index is 8.78. The van der Waals surface area contributed by atoms with Gasteiger partial charge in [-0.15, -0.1) is 0 Å². The molecule has 6 heteroatoms. The quantitative estimate of drug-likeness (QED) is 0.377. The highest BCUT2D eigenvalue weighted by Gasteiger charge is 2.12. The summed E-state index contributed by atoms with van der Waals surface area (Å²) in [4.78, 5) is 4.15. The van der Waals surface area contributed by atoms with Gasteiger partial charge < -0.3 is 10.9 Å². The highest BCUT2D eigenvalue weighted by Crippen LogP contribution is 2.14. The molecule has 6 nitrogen and oxygen atoms in total. The zero-order valence-corrected chi connectivity index (χ0v) is 11.3. The van der Waals surface area contributed by atoms with E-state index in [1.807, 2.05) is 37.6 Å². The van der Waals surface area contributed by atoms with Gasteiger partial charge >= 0.3 is 0 Å². The van der Waals surface area contributed by atoms with Crippen LogP contribution in [0.4, 0.5) is 0 Å². The maximum Gasteiger partial charge on any atom is 0.189 e. The third-order valence-corrected chi connectivity index (χ3v) is 3.31. The first-order valence-corrected chi connectivity index (χ1v) is 5.97. The minimum Gasteiger partial charge on any atom is -0.409 e. The monoisotopic (exact) mass is 259 g/mol. The lowest BCUT2D eigenvalue weighted by molar-refractivity contribution is 0.318. The normalized spacial score (nSPS) is 11.8. The van der Waals surface area contributed by atoms with Crippen LogP contribution in [0.1, 0.15) is 28.2 Å². The van der Waals surface area contributed by atoms with E-state index >= 15 is 0 Å². The topological polar surface area (TPSA) is 89.3 Å². The van der Waals surface area contributed by atoms with Crippen LogP contribution in [0, 0.1) is 20.8 Å². The average Bonchev–Trinajstić information content (AvgIpc) is 2.66. The molecule has 2 aromatic rings. The third kappa shape index (κ3) is 2.42. The lowest BCUT2D eigenvalue weighted by Gasteiger charge is -2.08. The zero-order chi connectivity index (χ0) is 14.0. The largest absolute Gasteiger partial charge is 0.409 e. The molecule has 0 atom stereocenters. The number of aryl methyl sites for hydroxylation is 1. The fraction of sp³-hybridized carbons (Fsp3) is 0.308. The molecule has 0 amide bonds. The van der Waals surface area contributed by atoms with Gasteiger partial charge in [0.25, 0.3) is 0 Å². The fourth-order valence-electron chi connectivity index (χ4n) is 1.95. The molecule has 2 heterocycles. The van der Waals surface area contributed by atoms with Crippen molar-refractivity contribution < 1.29 is 5.21 Å². The van der Waals surface area contributed by atoms with E-state index in [0.717, 1.165) is 17.0 Å². The van der Waals surface area contributed by atoms with Crippen LogP contribution in [0.5, 0.6) is 0 Å². The van der Waals surface area contributed by atoms with Gasteiger partial charge in [-0.3, -0.25) is 9.67 Å². The number of hydrogen-bond donors (Lipinski definition) is 2. The van der Waals surface area contributed by atoms with Crippen LogP contribution < -0.4 is 5.73 Å². The predicted molar refractivity (Wildman–Crippen MR) is 72.3 cm³/mol. The van der Waals surface area contributed by atoms with E-state index < -0.39 is 0 Å². The number of oxime groups is 1. The number of rotatable bonds is 3. The summed E-state index contributed by atoms with van der Waals surface area (Å²) < 4.78 is 1.90. The summed E-state index contributed by atoms with van der Waals surface area (Å²) >= 11 is 0. The van der Waals surface area contributed by atoms with Crippen LogP contribution in [0.15, 0.2) is 23.5 Å². The van der Waals surface area contributed by atoms with E-state index in [4.69, 9.17) is 10.9 Å². The third-order valence-electron chi connectivity index (χ3n) is 3.31. The lowest BCUT2D eigenvalue weighted by atomic mass is 10.1. The van der Waals surface area contributed by atoms with E-state index in [-0.39, 0.29) is 5.84 Å². The minimum absolute atomic E-state index is 0.00820. The van der Waals surface area contributed by atoms with Crippen LogP contribution in [-0.2, 0) is 6.54 Å². The summed E-state index contributed by atoms with van der Waals surface area (Å²) in [5.41, 5.74) is 10.3. The van der Waals surface area contributed by atoms with Crippen LogP contribution in [0.25, 0.3) is 0 Å². The van der Waals surface area contributed by atoms with E-state index in [0.29, 0.717) is 12.2 Å². The van der Waals surface area contributed by atoms with Gasteiger partial charge in [-0.2, -0.15) is 5.10 Å². The van der Waals surface area contributed by atoms with Crippen molar-refractivity contribution in [2.24, 2.45) is 10.9 Å². The maximum absolute atomic E-state index is 8.78. The first-order chi connectivity index (χ1) is 9.04. The molecular formula is C13H17N5O. The second-order valence-electron chi connectivity index (χ2n) is 4.45. The highest BCUT2D eigenvalue weighted by atomic mass is 16.4. The van der Waals surface area contributed by atoms with E-state index in [1.54, 1.807) is 6.20 Å². The van der Waals surface area contributed by atoms with Crippen LogP contribution in [-0.4, -0.2) is 25.8 Å². The molecule has 0 fully saturated rings. The van der Waals surface area contributed by atoms with E-state index in [2.05, 4.69) is 15.2 Å². The molecule has 0 saturated carbocycles. The Hall–Kier alpha value is -2.37. The first kappa shape index (κ1) is 13.1. The van der Waals surface area contributed by atoms with Crippen LogP contribution in [0.3, 0.4) is 0 Å². The zero-order valence-electron chi connectivity index (χ0n) is 11.3. The first-order valence-electron chi connectivity index (χ1n) is 5.97. The van der Waals surface area contributed by atoms with Crippen molar-refractivity contribution in [2.45, 2.75) is 27.3 Å². The molecule has 0 unspecified atom stereocenters. The molecule has 2 aromatic heterocycles. The Labute approximate surface area is 111 Å². The smallest absolute Gasteiger partial charge is 0.189 e. The number of pyridine rings is 1. The second kappa shape index (κ2) is 5.09. The average molecular weight is 259 g/mol. The molecule has 0 aliphatic rings. The summed E-state index contributed by atoms with van der Waals surface area (Å²) in [5, 5.41) is 16.3. The standard InChI is InChI=1S/C13H17N5O/c1-8-9(2)16-18(10(8)3)7-11-5-4-6-15-12(11)13(14)17-19/h4-6,19H,7H2,1-3H3,(H2,14,17). The van der Waals surface area contributed by atoms with Crippen LogP contribution in [0.2, 0.25) is 0 Å². The summed E-state index contributed by atoms with van der Waals surface area (Å²) in [6.07, 6.45) is 1.61. The number of hydrogen-bond acceptors (Lipinski definition) is 4. The minimum atomic E-state index is 0.00820. The molecule has 0 saturated heterocycles. The second-order valence-corrected chi connectivity index (χ2v) is 4.45. The van der Waals surface area contributed by atoms with Crippen molar-refractivity contribution >= 4 is 5.84 Å². The Morgan fingerprint density at radius 1 is 1.42 bits per heavy atom. The SMILES string of the molecule is Cc1nn(Cc2cccnc2C(N)=NO)c(C)c1C. The highest BCUT2D eigenvalue weighted by molar-refractivity contribution is 5.96. The summed E-state index contributed by atoms with van der Waals surface area (Å²) in [5.74, 6) is 0.00820. The molecule has 0 radical (unpaired) electrons. The number of nitrogens with zero attached hydrogens (tertiary/aromatic N) is 4. The van der Waals surface area contributed by atoms with Crippen LogP contribution >= 0.6 is 0 Å². The molecule has 2 rings (SSSR count). The van der Waals surface area contributed by atoms with Crippen molar-refractivity contribution in [3.63, 3.8) is 0 Å². The molecule has 0 aliphatic heterocycles. The van der Waals surface area contributed by atoms with Gasteiger partial charge in [0.15, 0.2) is 5.84 Å². The Kier molecular flexibility index (Phi) is 3.50. The Morgan fingerprint density at radius 3 is 2.74 bits per heavy atom. The lowest BCUT2D eigenvalue weighted by Crippen LogP contribution is -2.19. The van der Waals surface area contributed by atoms with Crippen molar-refractivity contribution in [1.29, 1.82) is 0 Å². The van der Waals surface area contributed by atoms with Gasteiger partial charge in [-0.25, -0.2) is 0 Å². The molecular weight excluding hydrogens is 242 g/mol. The molecule has 0 aromatic carbocycles. The molecule has 0 spiro atoms. The molecule has 19 heavy (non-hydrogen) atoms. The number of amidine groups is 1. The van der Waals surface area contributed by atoms with Gasteiger partial charge in [0.1, 0.15) is 5.69 Å². The van der Waals surface area contributed by atoms with Gasteiger partial charge in [-0.05, 0) is 32.4 Å². The number of nitrogens with two attached hydrogens (primary N) is 1. The van der Waals surface area contributed by atoms with Gasteiger partial charge in [0.2, 0.25) is 0 Å². The molecule has 100 valence electrons. The fourth-order valence-corrected chi connectivity index (χ4v) is 1.95. The summed E-state index contributed by atoms with van der Waals surface area (Å²) in [7, 11) is 0. The van der Waals surface area contributed by atoms with Gasteiger partial charge in [0, 0.05) is 17.5 Å². The Morgan fingerprint density at radius 2 is 2.16 bits per heavy atom. The van der Waals surface area contributed by atoms with Crippen molar-refractivity contribution in [3.8, 4) is 0 Å². The Balaban J connectivity index is 2.41. The van der Waals surface area contributed by atoms with E-state index in [1.165, 1.54) is 5.56 Å². The molecule has 0 bridgehead atoms. The van der Waals surface area contributed by atoms with Crippen molar-refractivity contribution in [2.75, 3.05) is 0 Å². The molecule has 3 N–H and O–H groups in total. The summed E-state index contributed by atoms with van der Waals surface area (Å²) in [6.45, 7) is 6.59. The van der Waals surface area contributed by atoms with E-state index in [9.17, 15) is 0 Å². The summed E-state index contributed by atoms with van der Waals surface area (Å²) in [6, 6.07) is 3.72. The predicted octanol–water partition coefficient (Wildman–Crippen LogP) is 1.35. The van der Waals surface area contributed by atoms with Crippen molar-refractivity contribution in [3.05, 3.63) is 46.5 Å². The van der Waals surface area contributed by atoms with Crippen molar-refractivity contribution in [1.82, 2.24) is 14.8 Å². The van der Waals surface area contributed by atoms with Gasteiger partial charge in [-0.1, -0.05) is 11.2 Å².